The Bertz CT molecular complexity index is 999. The summed E-state index contributed by atoms with van der Waals surface area (Å²) >= 11 is 0. The molecule has 0 saturated carbocycles. The summed E-state index contributed by atoms with van der Waals surface area (Å²) in [5.41, 5.74) is -1.65. The van der Waals surface area contributed by atoms with E-state index in [1.165, 1.54) is 12.2 Å². The number of benzene rings is 1. The van der Waals surface area contributed by atoms with Crippen LogP contribution >= 0.6 is 0 Å². The zero-order chi connectivity index (χ0) is 18.0. The number of hydrogen-bond acceptors (Lipinski definition) is 6. The predicted octanol–water partition coefficient (Wildman–Crippen LogP) is 1.05. The molecule has 3 rings (SSSR count). The molecule has 8 nitrogen and oxygen atoms in total. The molecule has 2 heterocycles. The van der Waals surface area contributed by atoms with Gasteiger partial charge in [-0.1, -0.05) is 18.2 Å². The molecule has 1 aromatic carbocycles. The monoisotopic (exact) mass is 342 g/mol. The number of H-pyrrole nitrogens is 1. The van der Waals surface area contributed by atoms with Gasteiger partial charge in [-0.3, -0.25) is 19.1 Å². The third-order valence-electron chi connectivity index (χ3n) is 3.55. The Morgan fingerprint density at radius 2 is 2.08 bits per heavy atom. The molecule has 0 radical (unpaired) electrons. The van der Waals surface area contributed by atoms with Crippen LogP contribution in [0.3, 0.4) is 0 Å². The standard InChI is InChI=1S/C17H14N2O6/c1-2-7-19-16(22)14(15(21)18-17(19)23)11(20)5-3-10-4-6-12-13(8-10)25-9-24-12/h2-6,8,22H,1,7,9H2,(H,18,21,23). The van der Waals surface area contributed by atoms with Gasteiger partial charge >= 0.3 is 5.69 Å². The van der Waals surface area contributed by atoms with Crippen molar-refractivity contribution in [3.63, 3.8) is 0 Å². The number of allylic oxidation sites excluding steroid dienone is 2. The van der Waals surface area contributed by atoms with Crippen LogP contribution in [0, 0.1) is 0 Å². The zero-order valence-corrected chi connectivity index (χ0v) is 13.0. The highest BCUT2D eigenvalue weighted by atomic mass is 16.7. The SMILES string of the molecule is C=CCn1c(O)c(C(=O)C=Cc2ccc3c(c2)OCO3)c(=O)[nH]c1=O. The van der Waals surface area contributed by atoms with Crippen molar-refractivity contribution in [2.75, 3.05) is 6.79 Å². The van der Waals surface area contributed by atoms with Crippen molar-refractivity contribution in [2.45, 2.75) is 6.54 Å². The normalized spacial score (nSPS) is 12.5. The van der Waals surface area contributed by atoms with Crippen molar-refractivity contribution in [2.24, 2.45) is 0 Å². The molecule has 0 amide bonds. The molecule has 1 aliphatic heterocycles. The van der Waals surface area contributed by atoms with Crippen molar-refractivity contribution < 1.29 is 19.4 Å². The van der Waals surface area contributed by atoms with E-state index in [0.717, 1.165) is 10.6 Å². The molecule has 25 heavy (non-hydrogen) atoms. The van der Waals surface area contributed by atoms with Crippen LogP contribution in [-0.4, -0.2) is 27.2 Å². The minimum Gasteiger partial charge on any atom is -0.494 e. The number of carbonyl (C=O) groups excluding carboxylic acids is 1. The van der Waals surface area contributed by atoms with Crippen LogP contribution in [0.4, 0.5) is 0 Å². The molecular weight excluding hydrogens is 328 g/mol. The maximum Gasteiger partial charge on any atom is 0.331 e. The Kier molecular flexibility index (Phi) is 4.25. The molecular formula is C17H14N2O6. The van der Waals surface area contributed by atoms with Crippen LogP contribution in [-0.2, 0) is 6.54 Å². The second kappa shape index (κ2) is 6.52. The number of nitrogens with one attached hydrogen (secondary N) is 1. The van der Waals surface area contributed by atoms with Gasteiger partial charge in [-0.25, -0.2) is 4.79 Å². The van der Waals surface area contributed by atoms with E-state index in [-0.39, 0.29) is 13.3 Å². The number of rotatable bonds is 5. The minimum absolute atomic E-state index is 0.0480. The van der Waals surface area contributed by atoms with Crippen molar-refractivity contribution in [1.82, 2.24) is 9.55 Å². The van der Waals surface area contributed by atoms with E-state index < -0.39 is 28.5 Å². The van der Waals surface area contributed by atoms with Crippen molar-refractivity contribution in [3.05, 3.63) is 68.9 Å². The van der Waals surface area contributed by atoms with Crippen LogP contribution in [0.1, 0.15) is 15.9 Å². The number of fused-ring (bicyclic) bond motifs is 1. The Balaban J connectivity index is 1.93. The van der Waals surface area contributed by atoms with Gasteiger partial charge in [0.2, 0.25) is 12.7 Å². The number of ether oxygens (including phenoxy) is 2. The summed E-state index contributed by atoms with van der Waals surface area (Å²) in [5.74, 6) is -0.285. The van der Waals surface area contributed by atoms with Gasteiger partial charge in [-0.15, -0.1) is 6.58 Å². The van der Waals surface area contributed by atoms with Gasteiger partial charge < -0.3 is 14.6 Å². The first kappa shape index (κ1) is 16.3. The first-order valence-electron chi connectivity index (χ1n) is 7.30. The number of aromatic amines is 1. The summed E-state index contributed by atoms with van der Waals surface area (Å²) < 4.78 is 11.3. The molecule has 0 aliphatic carbocycles. The van der Waals surface area contributed by atoms with Gasteiger partial charge in [-0.2, -0.15) is 0 Å². The lowest BCUT2D eigenvalue weighted by Gasteiger charge is -2.07. The van der Waals surface area contributed by atoms with Crippen LogP contribution in [0.5, 0.6) is 17.4 Å². The number of nitrogens with zero attached hydrogens (tertiary/aromatic N) is 1. The van der Waals surface area contributed by atoms with Crippen molar-refractivity contribution >= 4 is 11.9 Å². The molecule has 128 valence electrons. The lowest BCUT2D eigenvalue weighted by Crippen LogP contribution is -2.33. The Hall–Kier alpha value is -3.55. The Morgan fingerprint density at radius 1 is 1.32 bits per heavy atom. The fourth-order valence-electron chi connectivity index (χ4n) is 2.35. The highest BCUT2D eigenvalue weighted by Gasteiger charge is 2.19. The summed E-state index contributed by atoms with van der Waals surface area (Å²) in [6.45, 7) is 3.54. The minimum atomic E-state index is -0.955. The number of aromatic hydroxyl groups is 1. The van der Waals surface area contributed by atoms with Gasteiger partial charge in [-0.05, 0) is 23.8 Å². The fraction of sp³-hybridized carbons (Fsp3) is 0.118. The van der Waals surface area contributed by atoms with E-state index in [1.54, 1.807) is 18.2 Å². The quantitative estimate of drug-likeness (QED) is 0.477. The molecule has 0 saturated heterocycles. The summed E-state index contributed by atoms with van der Waals surface area (Å²) in [7, 11) is 0. The lowest BCUT2D eigenvalue weighted by molar-refractivity contribution is 0.104. The zero-order valence-electron chi connectivity index (χ0n) is 13.0. The van der Waals surface area contributed by atoms with Crippen LogP contribution < -0.4 is 20.7 Å². The molecule has 2 N–H and O–H groups in total. The third kappa shape index (κ3) is 3.09. The summed E-state index contributed by atoms with van der Waals surface area (Å²) in [4.78, 5) is 37.8. The fourth-order valence-corrected chi connectivity index (χ4v) is 2.35. The van der Waals surface area contributed by atoms with Crippen molar-refractivity contribution in [1.29, 1.82) is 0 Å². The summed E-state index contributed by atoms with van der Waals surface area (Å²) in [6, 6.07) is 5.08. The van der Waals surface area contributed by atoms with Crippen molar-refractivity contribution in [3.8, 4) is 17.4 Å². The molecule has 0 unspecified atom stereocenters. The van der Waals surface area contributed by atoms with Crippen LogP contribution in [0.15, 0.2) is 46.5 Å². The van der Waals surface area contributed by atoms with Crippen LogP contribution in [0.25, 0.3) is 6.08 Å². The van der Waals surface area contributed by atoms with E-state index in [9.17, 15) is 19.5 Å². The second-order valence-electron chi connectivity index (χ2n) is 5.17. The number of ketones is 1. The van der Waals surface area contributed by atoms with E-state index in [0.29, 0.717) is 17.1 Å². The Morgan fingerprint density at radius 3 is 2.84 bits per heavy atom. The maximum atomic E-state index is 12.3. The van der Waals surface area contributed by atoms with Gasteiger partial charge in [0.15, 0.2) is 17.3 Å². The number of carbonyl (C=O) groups is 1. The largest absolute Gasteiger partial charge is 0.494 e. The van der Waals surface area contributed by atoms with Gasteiger partial charge in [0.25, 0.3) is 5.56 Å². The summed E-state index contributed by atoms with van der Waals surface area (Å²) in [6.07, 6.45) is 3.95. The first-order chi connectivity index (χ1) is 12.0. The summed E-state index contributed by atoms with van der Waals surface area (Å²) in [5, 5.41) is 10.1. The number of hydrogen-bond donors (Lipinski definition) is 2. The molecule has 0 fully saturated rings. The average Bonchev–Trinajstić information content (AvgIpc) is 3.04. The van der Waals surface area contributed by atoms with Crippen LogP contribution in [0.2, 0.25) is 0 Å². The molecule has 0 bridgehead atoms. The smallest absolute Gasteiger partial charge is 0.331 e. The van der Waals surface area contributed by atoms with Gasteiger partial charge in [0, 0.05) is 6.54 Å². The number of aromatic nitrogens is 2. The molecule has 1 aliphatic rings. The molecule has 2 aromatic rings. The van der Waals surface area contributed by atoms with Gasteiger partial charge in [0.05, 0.1) is 0 Å². The average molecular weight is 342 g/mol. The maximum absolute atomic E-state index is 12.3. The third-order valence-corrected chi connectivity index (χ3v) is 3.55. The van der Waals surface area contributed by atoms with E-state index in [4.69, 9.17) is 9.47 Å². The highest BCUT2D eigenvalue weighted by molar-refractivity contribution is 6.08. The molecule has 0 spiro atoms. The Labute approximate surface area is 141 Å². The van der Waals surface area contributed by atoms with E-state index >= 15 is 0 Å². The molecule has 8 heteroatoms. The second-order valence-corrected chi connectivity index (χ2v) is 5.17. The topological polar surface area (TPSA) is 111 Å². The van der Waals surface area contributed by atoms with E-state index in [2.05, 4.69) is 6.58 Å². The van der Waals surface area contributed by atoms with Gasteiger partial charge in [0.1, 0.15) is 5.56 Å². The molecule has 0 atom stereocenters. The van der Waals surface area contributed by atoms with E-state index in [1.807, 2.05) is 4.98 Å². The predicted molar refractivity (Wildman–Crippen MR) is 89.1 cm³/mol. The lowest BCUT2D eigenvalue weighted by atomic mass is 10.1. The highest BCUT2D eigenvalue weighted by Crippen LogP contribution is 2.32. The first-order valence-corrected chi connectivity index (χ1v) is 7.30. The molecule has 1 aromatic heterocycles.